The maximum Gasteiger partial charge on any atom is 0.0107 e. The molecule has 1 fully saturated rings. The van der Waals surface area contributed by atoms with Crippen molar-refractivity contribution in [3.8, 4) is 0 Å². The fourth-order valence-corrected chi connectivity index (χ4v) is 0.906. The lowest BCUT2D eigenvalue weighted by Crippen LogP contribution is -2.42. The zero-order chi connectivity index (χ0) is 10.7. The summed E-state index contributed by atoms with van der Waals surface area (Å²) in [4.78, 5) is 4.72. The van der Waals surface area contributed by atoms with Gasteiger partial charge in [0.1, 0.15) is 0 Å². The van der Waals surface area contributed by atoms with E-state index in [1.807, 2.05) is 13.8 Å². The maximum atomic E-state index is 2.36. The maximum absolute atomic E-state index is 2.36. The lowest BCUT2D eigenvalue weighted by atomic mass is 10.4. The van der Waals surface area contributed by atoms with E-state index in [9.17, 15) is 0 Å². The van der Waals surface area contributed by atoms with E-state index in [2.05, 4.69) is 37.7 Å². The molecule has 0 saturated carbocycles. The topological polar surface area (TPSA) is 6.48 Å². The van der Waals surface area contributed by atoms with Crippen LogP contribution >= 0.6 is 0 Å². The standard InChI is InChI=1S/C6H14N2.C3H8.C2H6/c1-7-3-5-8(2)6-4-7;1-3-2;1-2/h3-6H2,1-2H3;3H2,1-2H3;1-2H3. The van der Waals surface area contributed by atoms with Crippen molar-refractivity contribution in [2.24, 2.45) is 0 Å². The first kappa shape index (κ1) is 15.4. The smallest absolute Gasteiger partial charge is 0.0107 e. The third-order valence-electron chi connectivity index (χ3n) is 1.73. The molecule has 1 aliphatic heterocycles. The van der Waals surface area contributed by atoms with Crippen molar-refractivity contribution in [3.63, 3.8) is 0 Å². The summed E-state index contributed by atoms with van der Waals surface area (Å²) in [7, 11) is 4.35. The molecule has 13 heavy (non-hydrogen) atoms. The summed E-state index contributed by atoms with van der Waals surface area (Å²) >= 11 is 0. The van der Waals surface area contributed by atoms with Gasteiger partial charge in [-0.3, -0.25) is 0 Å². The van der Waals surface area contributed by atoms with Gasteiger partial charge in [-0.05, 0) is 14.1 Å². The van der Waals surface area contributed by atoms with E-state index in [1.165, 1.54) is 32.6 Å². The summed E-state index contributed by atoms with van der Waals surface area (Å²) in [6.07, 6.45) is 1.25. The van der Waals surface area contributed by atoms with Crippen LogP contribution in [0.25, 0.3) is 0 Å². The lowest BCUT2D eigenvalue weighted by molar-refractivity contribution is 0.181. The molecule has 0 unspecified atom stereocenters. The molecule has 2 heteroatoms. The summed E-state index contributed by atoms with van der Waals surface area (Å²) in [5.74, 6) is 0. The van der Waals surface area contributed by atoms with Crippen molar-refractivity contribution in [2.75, 3.05) is 40.3 Å². The summed E-state index contributed by atoms with van der Waals surface area (Å²) in [6, 6.07) is 0. The minimum absolute atomic E-state index is 1.23. The fraction of sp³-hybridized carbons (Fsp3) is 1.00. The second kappa shape index (κ2) is 11.9. The Morgan fingerprint density at radius 1 is 0.769 bits per heavy atom. The van der Waals surface area contributed by atoms with Crippen molar-refractivity contribution in [3.05, 3.63) is 0 Å². The minimum atomic E-state index is 1.23. The molecule has 0 aromatic carbocycles. The zero-order valence-corrected chi connectivity index (χ0v) is 10.4. The van der Waals surface area contributed by atoms with Crippen molar-refractivity contribution in [1.29, 1.82) is 0 Å². The Kier molecular flexibility index (Phi) is 14.1. The molecule has 82 valence electrons. The highest BCUT2D eigenvalue weighted by molar-refractivity contribution is 4.64. The summed E-state index contributed by atoms with van der Waals surface area (Å²) < 4.78 is 0. The Hall–Kier alpha value is -0.0800. The minimum Gasteiger partial charge on any atom is -0.304 e. The third-order valence-corrected chi connectivity index (χ3v) is 1.73. The molecule has 0 radical (unpaired) electrons. The van der Waals surface area contributed by atoms with Crippen LogP contribution in [0, 0.1) is 0 Å². The van der Waals surface area contributed by atoms with Crippen molar-refractivity contribution in [1.82, 2.24) is 9.80 Å². The van der Waals surface area contributed by atoms with Gasteiger partial charge in [0.2, 0.25) is 0 Å². The summed E-state index contributed by atoms with van der Waals surface area (Å²) in [5, 5.41) is 0. The Balaban J connectivity index is 0. The van der Waals surface area contributed by atoms with E-state index in [-0.39, 0.29) is 0 Å². The Morgan fingerprint density at radius 3 is 1.08 bits per heavy atom. The van der Waals surface area contributed by atoms with Crippen LogP contribution in [0.2, 0.25) is 0 Å². The second-order valence-corrected chi connectivity index (χ2v) is 3.31. The highest BCUT2D eigenvalue weighted by Gasteiger charge is 2.07. The molecule has 0 aromatic rings. The van der Waals surface area contributed by atoms with Crippen molar-refractivity contribution < 1.29 is 0 Å². The average molecular weight is 188 g/mol. The molecule has 0 amide bonds. The second-order valence-electron chi connectivity index (χ2n) is 3.31. The molecule has 0 spiro atoms. The van der Waals surface area contributed by atoms with Crippen LogP contribution in [-0.4, -0.2) is 50.1 Å². The molecule has 0 aliphatic carbocycles. The van der Waals surface area contributed by atoms with Crippen molar-refractivity contribution >= 4 is 0 Å². The fourth-order valence-electron chi connectivity index (χ4n) is 0.906. The van der Waals surface area contributed by atoms with Gasteiger partial charge in [0.15, 0.2) is 0 Å². The monoisotopic (exact) mass is 188 g/mol. The normalized spacial score (nSPS) is 18.0. The first-order chi connectivity index (χ1) is 6.20. The Morgan fingerprint density at radius 2 is 0.923 bits per heavy atom. The predicted octanol–water partition coefficient (Wildman–Crippen LogP) is 2.31. The molecule has 0 N–H and O–H groups in total. The van der Waals surface area contributed by atoms with Gasteiger partial charge < -0.3 is 9.80 Å². The van der Waals surface area contributed by atoms with Gasteiger partial charge >= 0.3 is 0 Å². The SMILES string of the molecule is CC.CCC.CN1CCN(C)CC1. The van der Waals surface area contributed by atoms with E-state index in [0.29, 0.717) is 0 Å². The molecular weight excluding hydrogens is 160 g/mol. The predicted molar refractivity (Wildman–Crippen MR) is 62.3 cm³/mol. The Bertz CT molecular complexity index is 66.2. The third kappa shape index (κ3) is 11.9. The highest BCUT2D eigenvalue weighted by atomic mass is 15.2. The quantitative estimate of drug-likeness (QED) is 0.575. The number of hydrogen-bond acceptors (Lipinski definition) is 2. The first-order valence-corrected chi connectivity index (χ1v) is 5.57. The molecule has 1 saturated heterocycles. The molecule has 1 heterocycles. The number of likely N-dealkylation sites (N-methyl/N-ethyl adjacent to an activating group) is 2. The molecular formula is C11H28N2. The van der Waals surface area contributed by atoms with Crippen LogP contribution < -0.4 is 0 Å². The average Bonchev–Trinajstić information content (AvgIpc) is 2.15. The number of piperazine rings is 1. The van der Waals surface area contributed by atoms with Gasteiger partial charge in [-0.1, -0.05) is 34.1 Å². The molecule has 0 atom stereocenters. The number of nitrogens with zero attached hydrogens (tertiary/aromatic N) is 2. The van der Waals surface area contributed by atoms with Crippen LogP contribution in [0.5, 0.6) is 0 Å². The van der Waals surface area contributed by atoms with E-state index >= 15 is 0 Å². The van der Waals surface area contributed by atoms with E-state index < -0.39 is 0 Å². The molecule has 2 nitrogen and oxygen atoms in total. The number of hydrogen-bond donors (Lipinski definition) is 0. The van der Waals surface area contributed by atoms with Crippen LogP contribution in [0.1, 0.15) is 34.1 Å². The van der Waals surface area contributed by atoms with Gasteiger partial charge in [-0.15, -0.1) is 0 Å². The van der Waals surface area contributed by atoms with E-state index in [0.717, 1.165) is 0 Å². The lowest BCUT2D eigenvalue weighted by Gasteiger charge is -2.28. The van der Waals surface area contributed by atoms with Crippen LogP contribution in [0.15, 0.2) is 0 Å². The van der Waals surface area contributed by atoms with Crippen LogP contribution in [0.4, 0.5) is 0 Å². The largest absolute Gasteiger partial charge is 0.304 e. The Labute approximate surface area is 84.9 Å². The number of rotatable bonds is 0. The zero-order valence-electron chi connectivity index (χ0n) is 10.4. The highest BCUT2D eigenvalue weighted by Crippen LogP contribution is 1.93. The van der Waals surface area contributed by atoms with E-state index in [1.54, 1.807) is 0 Å². The first-order valence-electron chi connectivity index (χ1n) is 5.57. The molecule has 0 bridgehead atoms. The van der Waals surface area contributed by atoms with Gasteiger partial charge in [-0.2, -0.15) is 0 Å². The van der Waals surface area contributed by atoms with Gasteiger partial charge in [-0.25, -0.2) is 0 Å². The van der Waals surface area contributed by atoms with Crippen molar-refractivity contribution in [2.45, 2.75) is 34.1 Å². The molecule has 1 rings (SSSR count). The van der Waals surface area contributed by atoms with Gasteiger partial charge in [0, 0.05) is 26.2 Å². The van der Waals surface area contributed by atoms with Crippen LogP contribution in [-0.2, 0) is 0 Å². The summed E-state index contributed by atoms with van der Waals surface area (Å²) in [5.41, 5.74) is 0. The molecule has 1 aliphatic rings. The van der Waals surface area contributed by atoms with Crippen LogP contribution in [0.3, 0.4) is 0 Å². The summed E-state index contributed by atoms with van der Waals surface area (Å²) in [6.45, 7) is 13.2. The molecule has 0 aromatic heterocycles. The van der Waals surface area contributed by atoms with E-state index in [4.69, 9.17) is 0 Å². The van der Waals surface area contributed by atoms with Gasteiger partial charge in [0.25, 0.3) is 0 Å². The van der Waals surface area contributed by atoms with Gasteiger partial charge in [0.05, 0.1) is 0 Å².